The molecule has 1 saturated heterocycles. The van der Waals surface area contributed by atoms with Gasteiger partial charge in [0.15, 0.2) is 0 Å². The molecule has 1 aliphatic carbocycles. The van der Waals surface area contributed by atoms with E-state index in [2.05, 4.69) is 43.7 Å². The van der Waals surface area contributed by atoms with Crippen LogP contribution in [0.1, 0.15) is 39.0 Å². The molecule has 0 unspecified atom stereocenters. The summed E-state index contributed by atoms with van der Waals surface area (Å²) in [7, 11) is -1.68. The third-order valence-corrected chi connectivity index (χ3v) is 11.1. The van der Waals surface area contributed by atoms with E-state index < -0.39 is 10.0 Å². The SMILES string of the molecule is CC1CCN([C@H]2CC[C@@H](N(C)S(=O)(=O)c3cc(Br)c(Br)s3)C2)CC1. The number of nitrogens with zero attached hydrogens (tertiary/aromatic N) is 2. The number of hydrogen-bond acceptors (Lipinski definition) is 4. The molecule has 24 heavy (non-hydrogen) atoms. The molecule has 0 amide bonds. The third-order valence-electron chi connectivity index (χ3n) is 5.48. The predicted octanol–water partition coefficient (Wildman–Crippen LogP) is 4.55. The molecule has 136 valence electrons. The molecular weight excluding hydrogens is 476 g/mol. The molecule has 1 saturated carbocycles. The molecule has 0 bridgehead atoms. The first kappa shape index (κ1) is 19.3. The minimum Gasteiger partial charge on any atom is -0.300 e. The maximum absolute atomic E-state index is 12.9. The Morgan fingerprint density at radius 1 is 1.21 bits per heavy atom. The second-order valence-corrected chi connectivity index (χ2v) is 12.5. The number of rotatable bonds is 4. The second kappa shape index (κ2) is 7.64. The molecule has 2 atom stereocenters. The van der Waals surface area contributed by atoms with Crippen LogP contribution >= 0.6 is 43.2 Å². The lowest BCUT2D eigenvalue weighted by Gasteiger charge is -2.35. The average molecular weight is 500 g/mol. The van der Waals surface area contributed by atoms with Crippen LogP contribution in [-0.2, 0) is 10.0 Å². The highest BCUT2D eigenvalue weighted by atomic mass is 79.9. The van der Waals surface area contributed by atoms with E-state index in [0.29, 0.717) is 10.3 Å². The number of hydrogen-bond donors (Lipinski definition) is 0. The molecule has 3 rings (SSSR count). The molecule has 0 N–H and O–H groups in total. The van der Waals surface area contributed by atoms with Crippen molar-refractivity contribution in [3.05, 3.63) is 14.3 Å². The normalized spacial score (nSPS) is 27.2. The maximum atomic E-state index is 12.9. The van der Waals surface area contributed by atoms with Crippen LogP contribution in [0, 0.1) is 5.92 Å². The average Bonchev–Trinajstić information content (AvgIpc) is 3.15. The summed E-state index contributed by atoms with van der Waals surface area (Å²) in [6, 6.07) is 2.35. The highest BCUT2D eigenvalue weighted by Crippen LogP contribution is 2.38. The van der Waals surface area contributed by atoms with Gasteiger partial charge in [-0.2, -0.15) is 4.31 Å². The third kappa shape index (κ3) is 3.93. The van der Waals surface area contributed by atoms with Crippen molar-refractivity contribution in [3.8, 4) is 0 Å². The molecule has 4 nitrogen and oxygen atoms in total. The van der Waals surface area contributed by atoms with Crippen molar-refractivity contribution in [2.24, 2.45) is 5.92 Å². The predicted molar refractivity (Wildman–Crippen MR) is 106 cm³/mol. The summed E-state index contributed by atoms with van der Waals surface area (Å²) < 4.78 is 29.4. The fourth-order valence-corrected chi connectivity index (χ4v) is 8.18. The fraction of sp³-hybridized carbons (Fsp3) is 0.750. The molecular formula is C16H24Br2N2O2S2. The first-order chi connectivity index (χ1) is 11.3. The first-order valence-corrected chi connectivity index (χ1v) is 12.3. The summed E-state index contributed by atoms with van der Waals surface area (Å²) >= 11 is 8.04. The van der Waals surface area contributed by atoms with Gasteiger partial charge in [-0.25, -0.2) is 8.42 Å². The Morgan fingerprint density at radius 2 is 1.88 bits per heavy atom. The Kier molecular flexibility index (Phi) is 6.15. The van der Waals surface area contributed by atoms with E-state index in [9.17, 15) is 8.42 Å². The summed E-state index contributed by atoms with van der Waals surface area (Å²) in [5, 5.41) is 0. The number of halogens is 2. The smallest absolute Gasteiger partial charge is 0.252 e. The maximum Gasteiger partial charge on any atom is 0.252 e. The minimum absolute atomic E-state index is 0.110. The molecule has 0 radical (unpaired) electrons. The molecule has 1 aromatic rings. The van der Waals surface area contributed by atoms with Crippen LogP contribution in [0.3, 0.4) is 0 Å². The molecule has 1 aromatic heterocycles. The van der Waals surface area contributed by atoms with Gasteiger partial charge in [0.25, 0.3) is 10.0 Å². The molecule has 2 heterocycles. The summed E-state index contributed by atoms with van der Waals surface area (Å²) in [4.78, 5) is 2.58. The van der Waals surface area contributed by atoms with Crippen LogP contribution < -0.4 is 0 Å². The summed E-state index contributed by atoms with van der Waals surface area (Å²) in [5.41, 5.74) is 0. The molecule has 8 heteroatoms. The van der Waals surface area contributed by atoms with Gasteiger partial charge in [-0.15, -0.1) is 11.3 Å². The number of sulfonamides is 1. The largest absolute Gasteiger partial charge is 0.300 e. The lowest BCUT2D eigenvalue weighted by atomic mass is 9.97. The van der Waals surface area contributed by atoms with Crippen LogP contribution in [0.2, 0.25) is 0 Å². The van der Waals surface area contributed by atoms with Crippen LogP contribution in [0.5, 0.6) is 0 Å². The standard InChI is InChI=1S/C16H24Br2N2O2S2/c1-11-5-7-20(8-6-11)13-4-3-12(9-13)19(2)24(21,22)15-10-14(17)16(18)23-15/h10-13H,3-9H2,1-2H3/t12-,13+/m1/s1. The van der Waals surface area contributed by atoms with Crippen molar-refractivity contribution < 1.29 is 8.42 Å². The number of likely N-dealkylation sites (tertiary alicyclic amines) is 1. The summed E-state index contributed by atoms with van der Waals surface area (Å²) in [5.74, 6) is 0.831. The lowest BCUT2D eigenvalue weighted by Crippen LogP contribution is -2.41. The summed E-state index contributed by atoms with van der Waals surface area (Å²) in [6.07, 6.45) is 5.56. The van der Waals surface area contributed by atoms with Gasteiger partial charge in [0.2, 0.25) is 0 Å². The Balaban J connectivity index is 1.66. The molecule has 2 fully saturated rings. The van der Waals surface area contributed by atoms with Crippen molar-refractivity contribution in [3.63, 3.8) is 0 Å². The van der Waals surface area contributed by atoms with Crippen LogP contribution in [0.4, 0.5) is 0 Å². The van der Waals surface area contributed by atoms with E-state index >= 15 is 0 Å². The first-order valence-electron chi connectivity index (χ1n) is 8.46. The van der Waals surface area contributed by atoms with Gasteiger partial charge in [0.1, 0.15) is 4.21 Å². The Labute approximate surface area is 165 Å². The van der Waals surface area contributed by atoms with Gasteiger partial charge in [0.05, 0.1) is 3.79 Å². The van der Waals surface area contributed by atoms with Crippen molar-refractivity contribution in [2.45, 2.75) is 55.3 Å². The minimum atomic E-state index is -3.41. The van der Waals surface area contributed by atoms with E-state index in [1.165, 1.54) is 37.3 Å². The number of piperidine rings is 1. The van der Waals surface area contributed by atoms with Crippen molar-refractivity contribution in [2.75, 3.05) is 20.1 Å². The molecule has 1 aliphatic heterocycles. The van der Waals surface area contributed by atoms with Crippen molar-refractivity contribution in [1.82, 2.24) is 9.21 Å². The Morgan fingerprint density at radius 3 is 2.46 bits per heavy atom. The number of thiophene rings is 1. The molecule has 2 aliphatic rings. The lowest BCUT2D eigenvalue weighted by molar-refractivity contribution is 0.136. The second-order valence-electron chi connectivity index (χ2n) is 7.05. The Bertz CT molecular complexity index is 665. The van der Waals surface area contributed by atoms with E-state index in [0.717, 1.165) is 33.4 Å². The zero-order valence-corrected chi connectivity index (χ0v) is 18.8. The summed E-state index contributed by atoms with van der Waals surface area (Å²) in [6.45, 7) is 4.66. The van der Waals surface area contributed by atoms with Gasteiger partial charge in [-0.1, -0.05) is 6.92 Å². The quantitative estimate of drug-likeness (QED) is 0.610. The van der Waals surface area contributed by atoms with Gasteiger partial charge in [-0.3, -0.25) is 0 Å². The van der Waals surface area contributed by atoms with Gasteiger partial charge in [-0.05, 0) is 89.0 Å². The zero-order chi connectivity index (χ0) is 17.5. The monoisotopic (exact) mass is 498 g/mol. The van der Waals surface area contributed by atoms with Crippen molar-refractivity contribution >= 4 is 53.2 Å². The van der Waals surface area contributed by atoms with Gasteiger partial charge < -0.3 is 4.90 Å². The van der Waals surface area contributed by atoms with Crippen LogP contribution in [-0.4, -0.2) is 49.8 Å². The van der Waals surface area contributed by atoms with Crippen LogP contribution in [0.25, 0.3) is 0 Å². The highest BCUT2D eigenvalue weighted by Gasteiger charge is 2.37. The Hall–Kier alpha value is 0.530. The zero-order valence-electron chi connectivity index (χ0n) is 14.0. The topological polar surface area (TPSA) is 40.6 Å². The van der Waals surface area contributed by atoms with E-state index in [1.54, 1.807) is 17.4 Å². The fourth-order valence-electron chi connectivity index (χ4n) is 3.78. The highest BCUT2D eigenvalue weighted by molar-refractivity contribution is 9.13. The van der Waals surface area contributed by atoms with E-state index in [-0.39, 0.29) is 6.04 Å². The van der Waals surface area contributed by atoms with E-state index in [1.807, 2.05) is 0 Å². The molecule has 0 aromatic carbocycles. The van der Waals surface area contributed by atoms with Crippen LogP contribution in [0.15, 0.2) is 18.5 Å². The van der Waals surface area contributed by atoms with Gasteiger partial charge >= 0.3 is 0 Å². The molecule has 0 spiro atoms. The van der Waals surface area contributed by atoms with Crippen molar-refractivity contribution in [1.29, 1.82) is 0 Å². The van der Waals surface area contributed by atoms with Gasteiger partial charge in [0, 0.05) is 23.6 Å². The van der Waals surface area contributed by atoms with E-state index in [4.69, 9.17) is 0 Å².